The van der Waals surface area contributed by atoms with Crippen LogP contribution in [0, 0.1) is 0 Å². The standard InChI is InChI=1S/C18H14N2O3/c1-22-12-6-4-5-11(9-12)16-14-10-23-15-8-3-2-7-13(15)17(14)20-18(21)19-16/h2-9H,10H2,1H3,(H,19,20,21). The molecule has 0 amide bonds. The van der Waals surface area contributed by atoms with Crippen molar-refractivity contribution in [3.05, 3.63) is 54.1 Å². The Balaban J connectivity index is 1.95. The van der Waals surface area contributed by atoms with Crippen LogP contribution in [0.4, 0.5) is 0 Å². The number of methoxy groups -OCH3 is 1. The molecule has 5 nitrogen and oxygen atoms in total. The zero-order chi connectivity index (χ0) is 15.8. The molecule has 3 aromatic rings. The number of rotatable bonds is 2. The van der Waals surface area contributed by atoms with Crippen LogP contribution in [-0.4, -0.2) is 22.2 Å². The number of benzene rings is 2. The smallest absolute Gasteiger partial charge is 0.315 e. The SMILES string of the molecule is COc1cccc(-c2nc(O)nc3c2COc2ccccc2-3)c1. The summed E-state index contributed by atoms with van der Waals surface area (Å²) in [5, 5.41) is 9.99. The molecule has 0 saturated carbocycles. The van der Waals surface area contributed by atoms with Gasteiger partial charge in [-0.15, -0.1) is 0 Å². The molecule has 0 atom stereocenters. The Morgan fingerprint density at radius 2 is 1.87 bits per heavy atom. The van der Waals surface area contributed by atoms with E-state index in [1.54, 1.807) is 7.11 Å². The fourth-order valence-electron chi connectivity index (χ4n) is 2.78. The quantitative estimate of drug-likeness (QED) is 0.786. The Hall–Kier alpha value is -3.08. The van der Waals surface area contributed by atoms with Crippen LogP contribution < -0.4 is 9.47 Å². The van der Waals surface area contributed by atoms with Crippen LogP contribution >= 0.6 is 0 Å². The highest BCUT2D eigenvalue weighted by molar-refractivity contribution is 5.78. The number of fused-ring (bicyclic) bond motifs is 3. The van der Waals surface area contributed by atoms with Gasteiger partial charge >= 0.3 is 6.01 Å². The molecule has 114 valence electrons. The number of aromatic hydroxyl groups is 1. The maximum atomic E-state index is 9.99. The normalized spacial score (nSPS) is 12.0. The molecule has 1 aromatic heterocycles. The molecule has 1 aliphatic heterocycles. The molecule has 1 aliphatic rings. The van der Waals surface area contributed by atoms with Gasteiger partial charge in [0.15, 0.2) is 0 Å². The fourth-order valence-corrected chi connectivity index (χ4v) is 2.78. The Bertz CT molecular complexity index is 893. The molecule has 0 fully saturated rings. The topological polar surface area (TPSA) is 64.5 Å². The Morgan fingerprint density at radius 1 is 1.04 bits per heavy atom. The lowest BCUT2D eigenvalue weighted by atomic mass is 9.98. The molecule has 0 radical (unpaired) electrons. The van der Waals surface area contributed by atoms with Gasteiger partial charge in [-0.25, -0.2) is 0 Å². The van der Waals surface area contributed by atoms with Crippen molar-refractivity contribution in [2.75, 3.05) is 7.11 Å². The van der Waals surface area contributed by atoms with Gasteiger partial charge in [0, 0.05) is 16.7 Å². The molecular formula is C18H14N2O3. The van der Waals surface area contributed by atoms with E-state index in [0.29, 0.717) is 18.0 Å². The zero-order valence-corrected chi connectivity index (χ0v) is 12.5. The maximum Gasteiger partial charge on any atom is 0.315 e. The van der Waals surface area contributed by atoms with Crippen LogP contribution in [0.3, 0.4) is 0 Å². The van der Waals surface area contributed by atoms with Gasteiger partial charge < -0.3 is 14.6 Å². The number of para-hydroxylation sites is 1. The van der Waals surface area contributed by atoms with Crippen LogP contribution in [0.25, 0.3) is 22.5 Å². The molecule has 0 spiro atoms. The largest absolute Gasteiger partial charge is 0.497 e. The van der Waals surface area contributed by atoms with E-state index in [1.165, 1.54) is 0 Å². The average Bonchev–Trinajstić information content (AvgIpc) is 2.61. The second kappa shape index (κ2) is 5.28. The highest BCUT2D eigenvalue weighted by Crippen LogP contribution is 2.40. The lowest BCUT2D eigenvalue weighted by molar-refractivity contribution is 0.300. The van der Waals surface area contributed by atoms with Crippen molar-refractivity contribution < 1.29 is 14.6 Å². The van der Waals surface area contributed by atoms with E-state index in [9.17, 15) is 5.11 Å². The minimum absolute atomic E-state index is 0.252. The van der Waals surface area contributed by atoms with Gasteiger partial charge in [-0.2, -0.15) is 9.97 Å². The third-order valence-corrected chi connectivity index (χ3v) is 3.85. The lowest BCUT2D eigenvalue weighted by Crippen LogP contribution is -2.10. The first-order chi connectivity index (χ1) is 11.3. The minimum Gasteiger partial charge on any atom is -0.497 e. The molecule has 0 aliphatic carbocycles. The van der Waals surface area contributed by atoms with Crippen molar-refractivity contribution in [3.8, 4) is 40.0 Å². The summed E-state index contributed by atoms with van der Waals surface area (Å²) in [5.41, 5.74) is 3.92. The van der Waals surface area contributed by atoms with E-state index in [1.807, 2.05) is 48.5 Å². The third kappa shape index (κ3) is 2.26. The Kier molecular flexibility index (Phi) is 3.12. The van der Waals surface area contributed by atoms with Gasteiger partial charge in [0.25, 0.3) is 0 Å². The van der Waals surface area contributed by atoms with Crippen molar-refractivity contribution in [1.29, 1.82) is 0 Å². The summed E-state index contributed by atoms with van der Waals surface area (Å²) in [6.07, 6.45) is 0. The monoisotopic (exact) mass is 306 g/mol. The summed E-state index contributed by atoms with van der Waals surface area (Å²) in [6.45, 7) is 0.360. The van der Waals surface area contributed by atoms with Crippen molar-refractivity contribution in [1.82, 2.24) is 9.97 Å². The molecule has 0 bridgehead atoms. The van der Waals surface area contributed by atoms with Gasteiger partial charge in [0.05, 0.1) is 18.5 Å². The second-order valence-electron chi connectivity index (χ2n) is 5.22. The van der Waals surface area contributed by atoms with E-state index < -0.39 is 0 Å². The molecule has 23 heavy (non-hydrogen) atoms. The number of hydrogen-bond donors (Lipinski definition) is 1. The predicted octanol–water partition coefficient (Wildman–Crippen LogP) is 3.42. The molecule has 0 saturated heterocycles. The molecular weight excluding hydrogens is 292 g/mol. The highest BCUT2D eigenvalue weighted by Gasteiger charge is 2.24. The molecule has 1 N–H and O–H groups in total. The van der Waals surface area contributed by atoms with Crippen LogP contribution in [-0.2, 0) is 6.61 Å². The van der Waals surface area contributed by atoms with Gasteiger partial charge in [0.2, 0.25) is 0 Å². The first kappa shape index (κ1) is 13.6. The number of ether oxygens (including phenoxy) is 2. The van der Waals surface area contributed by atoms with Gasteiger partial charge in [0.1, 0.15) is 18.1 Å². The Morgan fingerprint density at radius 3 is 2.74 bits per heavy atom. The molecule has 2 aromatic carbocycles. The van der Waals surface area contributed by atoms with E-state index >= 15 is 0 Å². The summed E-state index contributed by atoms with van der Waals surface area (Å²) < 4.78 is 11.1. The minimum atomic E-state index is -0.252. The summed E-state index contributed by atoms with van der Waals surface area (Å²) >= 11 is 0. The van der Waals surface area contributed by atoms with Gasteiger partial charge in [-0.1, -0.05) is 24.3 Å². The highest BCUT2D eigenvalue weighted by atomic mass is 16.5. The summed E-state index contributed by atoms with van der Waals surface area (Å²) in [7, 11) is 1.62. The van der Waals surface area contributed by atoms with Crippen molar-refractivity contribution >= 4 is 0 Å². The van der Waals surface area contributed by atoms with Crippen LogP contribution in [0.15, 0.2) is 48.5 Å². The fraction of sp³-hybridized carbons (Fsp3) is 0.111. The summed E-state index contributed by atoms with van der Waals surface area (Å²) in [6, 6.07) is 14.9. The molecule has 0 unspecified atom stereocenters. The van der Waals surface area contributed by atoms with E-state index in [0.717, 1.165) is 28.2 Å². The molecule has 4 rings (SSSR count). The maximum absolute atomic E-state index is 9.99. The van der Waals surface area contributed by atoms with Crippen LogP contribution in [0.5, 0.6) is 17.5 Å². The third-order valence-electron chi connectivity index (χ3n) is 3.85. The summed E-state index contributed by atoms with van der Waals surface area (Å²) in [4.78, 5) is 8.43. The second-order valence-corrected chi connectivity index (χ2v) is 5.22. The molecule has 2 heterocycles. The van der Waals surface area contributed by atoms with E-state index in [4.69, 9.17) is 9.47 Å². The van der Waals surface area contributed by atoms with Gasteiger partial charge in [-0.05, 0) is 24.3 Å². The van der Waals surface area contributed by atoms with Crippen LogP contribution in [0.2, 0.25) is 0 Å². The number of nitrogens with zero attached hydrogens (tertiary/aromatic N) is 2. The Labute approximate surface area is 133 Å². The van der Waals surface area contributed by atoms with Crippen molar-refractivity contribution in [2.24, 2.45) is 0 Å². The number of hydrogen-bond acceptors (Lipinski definition) is 5. The number of aromatic nitrogens is 2. The van der Waals surface area contributed by atoms with Gasteiger partial charge in [-0.3, -0.25) is 0 Å². The zero-order valence-electron chi connectivity index (χ0n) is 12.5. The molecule has 5 heteroatoms. The first-order valence-electron chi connectivity index (χ1n) is 7.23. The first-order valence-corrected chi connectivity index (χ1v) is 7.23. The predicted molar refractivity (Wildman–Crippen MR) is 85.5 cm³/mol. The van der Waals surface area contributed by atoms with E-state index in [-0.39, 0.29) is 6.01 Å². The summed E-state index contributed by atoms with van der Waals surface area (Å²) in [5.74, 6) is 1.49. The van der Waals surface area contributed by atoms with E-state index in [2.05, 4.69) is 9.97 Å². The average molecular weight is 306 g/mol. The lowest BCUT2D eigenvalue weighted by Gasteiger charge is -2.21. The van der Waals surface area contributed by atoms with Crippen molar-refractivity contribution in [3.63, 3.8) is 0 Å². The van der Waals surface area contributed by atoms with Crippen molar-refractivity contribution in [2.45, 2.75) is 6.61 Å². The van der Waals surface area contributed by atoms with Crippen LogP contribution in [0.1, 0.15) is 5.56 Å².